The predicted octanol–water partition coefficient (Wildman–Crippen LogP) is 4.65. The van der Waals surface area contributed by atoms with E-state index in [0.717, 1.165) is 29.7 Å². The summed E-state index contributed by atoms with van der Waals surface area (Å²) >= 11 is 0. The number of hydrogen-bond donors (Lipinski definition) is 0. The molecule has 1 fully saturated rings. The fraction of sp³-hybridized carbons (Fsp3) is 0.458. The molecule has 0 unspecified atom stereocenters. The Kier molecular flexibility index (Phi) is 6.02. The van der Waals surface area contributed by atoms with Gasteiger partial charge in [0, 0.05) is 12.6 Å². The standard InChI is InChI=1S/C24H29N3O3/c1-15-16(2)26-27(6)21(15)22(29-14-30-23(28)18-7-8-18)20(13-25)17-9-11-19(12-10-17)24(3,4)5/h9-12,18H,7-8,14H2,1-6H3/b22-20-. The van der Waals surface area contributed by atoms with E-state index in [4.69, 9.17) is 9.47 Å². The number of allylic oxidation sites excluding steroid dienone is 1. The maximum Gasteiger partial charge on any atom is 0.311 e. The van der Waals surface area contributed by atoms with Gasteiger partial charge in [-0.1, -0.05) is 45.0 Å². The van der Waals surface area contributed by atoms with Crippen LogP contribution in [0, 0.1) is 31.1 Å². The molecule has 0 saturated heterocycles. The van der Waals surface area contributed by atoms with Crippen LogP contribution in [0.4, 0.5) is 0 Å². The quantitative estimate of drug-likeness (QED) is 0.301. The van der Waals surface area contributed by atoms with Crippen LogP contribution in [0.3, 0.4) is 0 Å². The Labute approximate surface area is 178 Å². The van der Waals surface area contributed by atoms with Crippen LogP contribution in [-0.2, 0) is 26.7 Å². The predicted molar refractivity (Wildman–Crippen MR) is 115 cm³/mol. The monoisotopic (exact) mass is 407 g/mol. The number of aryl methyl sites for hydroxylation is 2. The van der Waals surface area contributed by atoms with Crippen molar-refractivity contribution in [1.82, 2.24) is 9.78 Å². The van der Waals surface area contributed by atoms with Crippen molar-refractivity contribution in [1.29, 1.82) is 5.26 Å². The molecule has 1 aliphatic carbocycles. The zero-order valence-corrected chi connectivity index (χ0v) is 18.6. The molecule has 3 rings (SSSR count). The zero-order chi connectivity index (χ0) is 22.1. The lowest BCUT2D eigenvalue weighted by atomic mass is 9.86. The average Bonchev–Trinajstić information content (AvgIpc) is 3.49. The molecule has 30 heavy (non-hydrogen) atoms. The smallest absolute Gasteiger partial charge is 0.311 e. The number of carbonyl (C=O) groups excluding carboxylic acids is 1. The van der Waals surface area contributed by atoms with Crippen molar-refractivity contribution >= 4 is 17.3 Å². The molecule has 0 radical (unpaired) electrons. The third-order valence-corrected chi connectivity index (χ3v) is 5.43. The lowest BCUT2D eigenvalue weighted by Gasteiger charge is -2.19. The molecule has 1 aromatic carbocycles. The summed E-state index contributed by atoms with van der Waals surface area (Å²) in [5.41, 5.74) is 4.78. The molecule has 6 heteroatoms. The van der Waals surface area contributed by atoms with Crippen LogP contribution in [0.25, 0.3) is 11.3 Å². The highest BCUT2D eigenvalue weighted by Gasteiger charge is 2.31. The summed E-state index contributed by atoms with van der Waals surface area (Å²) < 4.78 is 12.9. The third kappa shape index (κ3) is 4.56. The van der Waals surface area contributed by atoms with Gasteiger partial charge in [0.2, 0.25) is 6.79 Å². The van der Waals surface area contributed by atoms with E-state index in [0.29, 0.717) is 17.0 Å². The van der Waals surface area contributed by atoms with Crippen LogP contribution < -0.4 is 0 Å². The van der Waals surface area contributed by atoms with Crippen molar-refractivity contribution in [2.75, 3.05) is 6.79 Å². The zero-order valence-electron chi connectivity index (χ0n) is 18.6. The Morgan fingerprint density at radius 2 is 1.83 bits per heavy atom. The molecule has 0 N–H and O–H groups in total. The van der Waals surface area contributed by atoms with Gasteiger partial charge in [-0.05, 0) is 43.2 Å². The third-order valence-electron chi connectivity index (χ3n) is 5.43. The van der Waals surface area contributed by atoms with Crippen molar-refractivity contribution in [3.05, 3.63) is 52.3 Å². The fourth-order valence-corrected chi connectivity index (χ4v) is 3.31. The van der Waals surface area contributed by atoms with Crippen LogP contribution in [-0.4, -0.2) is 22.5 Å². The highest BCUT2D eigenvalue weighted by molar-refractivity contribution is 5.94. The van der Waals surface area contributed by atoms with Crippen molar-refractivity contribution in [2.45, 2.75) is 52.9 Å². The van der Waals surface area contributed by atoms with Crippen LogP contribution in [0.1, 0.15) is 61.7 Å². The van der Waals surface area contributed by atoms with Gasteiger partial charge in [-0.3, -0.25) is 9.48 Å². The molecule has 1 aliphatic rings. The summed E-state index contributed by atoms with van der Waals surface area (Å²) in [5.74, 6) is 0.104. The second-order valence-electron chi connectivity index (χ2n) is 8.83. The van der Waals surface area contributed by atoms with E-state index in [9.17, 15) is 10.1 Å². The number of aromatic nitrogens is 2. The molecule has 158 valence electrons. The van der Waals surface area contributed by atoms with Gasteiger partial charge < -0.3 is 9.47 Å². The molecule has 0 atom stereocenters. The van der Waals surface area contributed by atoms with Gasteiger partial charge in [0.1, 0.15) is 17.3 Å². The van der Waals surface area contributed by atoms with E-state index < -0.39 is 0 Å². The number of benzene rings is 1. The van der Waals surface area contributed by atoms with Crippen molar-refractivity contribution in [2.24, 2.45) is 13.0 Å². The molecular formula is C24H29N3O3. The SMILES string of the molecule is Cc1nn(C)c(/C(OCOC(=O)C2CC2)=C(\C#N)c2ccc(C(C)(C)C)cc2)c1C. The molecule has 0 bridgehead atoms. The maximum absolute atomic E-state index is 11.9. The van der Waals surface area contributed by atoms with Gasteiger partial charge in [0.15, 0.2) is 5.76 Å². The fourth-order valence-electron chi connectivity index (χ4n) is 3.31. The summed E-state index contributed by atoms with van der Waals surface area (Å²) in [6, 6.07) is 10.2. The van der Waals surface area contributed by atoms with E-state index >= 15 is 0 Å². The Morgan fingerprint density at radius 1 is 1.20 bits per heavy atom. The highest BCUT2D eigenvalue weighted by atomic mass is 16.7. The molecule has 1 saturated carbocycles. The van der Waals surface area contributed by atoms with Gasteiger partial charge >= 0.3 is 5.97 Å². The number of carbonyl (C=O) groups is 1. The van der Waals surface area contributed by atoms with E-state index in [1.807, 2.05) is 45.2 Å². The lowest BCUT2D eigenvalue weighted by Crippen LogP contribution is -2.12. The molecular weight excluding hydrogens is 378 g/mol. The molecule has 6 nitrogen and oxygen atoms in total. The topological polar surface area (TPSA) is 77.1 Å². The Hall–Kier alpha value is -3.07. The lowest BCUT2D eigenvalue weighted by molar-refractivity contribution is -0.153. The largest absolute Gasteiger partial charge is 0.454 e. The number of nitriles is 1. The first-order valence-electron chi connectivity index (χ1n) is 10.2. The molecule has 0 amide bonds. The van der Waals surface area contributed by atoms with E-state index in [1.54, 1.807) is 4.68 Å². The Morgan fingerprint density at radius 3 is 2.30 bits per heavy atom. The van der Waals surface area contributed by atoms with Gasteiger partial charge in [0.25, 0.3) is 0 Å². The van der Waals surface area contributed by atoms with E-state index in [1.165, 1.54) is 5.56 Å². The van der Waals surface area contributed by atoms with Crippen LogP contribution >= 0.6 is 0 Å². The van der Waals surface area contributed by atoms with E-state index in [-0.39, 0.29) is 24.1 Å². The second-order valence-corrected chi connectivity index (χ2v) is 8.83. The van der Waals surface area contributed by atoms with Crippen molar-refractivity contribution < 1.29 is 14.3 Å². The number of ether oxygens (including phenoxy) is 2. The summed E-state index contributed by atoms with van der Waals surface area (Å²) in [5, 5.41) is 14.5. The summed E-state index contributed by atoms with van der Waals surface area (Å²) in [4.78, 5) is 11.9. The minimum Gasteiger partial charge on any atom is -0.454 e. The van der Waals surface area contributed by atoms with Gasteiger partial charge in [-0.25, -0.2) is 0 Å². The van der Waals surface area contributed by atoms with Crippen molar-refractivity contribution in [3.8, 4) is 6.07 Å². The summed E-state index contributed by atoms with van der Waals surface area (Å²) in [6.45, 7) is 10.1. The molecule has 1 heterocycles. The number of esters is 1. The van der Waals surface area contributed by atoms with E-state index in [2.05, 4.69) is 31.9 Å². The van der Waals surface area contributed by atoms with Gasteiger partial charge in [-0.15, -0.1) is 0 Å². The highest BCUT2D eigenvalue weighted by Crippen LogP contribution is 2.33. The first kappa shape index (κ1) is 21.6. The second kappa shape index (κ2) is 8.35. The Balaban J connectivity index is 2.01. The maximum atomic E-state index is 11.9. The van der Waals surface area contributed by atoms with Gasteiger partial charge in [-0.2, -0.15) is 10.4 Å². The molecule has 1 aromatic heterocycles. The minimum atomic E-state index is -0.250. The van der Waals surface area contributed by atoms with Crippen LogP contribution in [0.5, 0.6) is 0 Å². The number of hydrogen-bond acceptors (Lipinski definition) is 5. The van der Waals surface area contributed by atoms with Crippen molar-refractivity contribution in [3.63, 3.8) is 0 Å². The minimum absolute atomic E-state index is 0.0120. The first-order valence-corrected chi connectivity index (χ1v) is 10.2. The molecule has 0 spiro atoms. The molecule has 0 aliphatic heterocycles. The normalized spacial score (nSPS) is 14.7. The summed E-state index contributed by atoms with van der Waals surface area (Å²) in [7, 11) is 1.81. The number of rotatable bonds is 6. The summed E-state index contributed by atoms with van der Waals surface area (Å²) in [6.07, 6.45) is 1.73. The molecule has 2 aromatic rings. The number of nitrogens with zero attached hydrogens (tertiary/aromatic N) is 3. The average molecular weight is 408 g/mol. The van der Waals surface area contributed by atoms with Crippen LogP contribution in [0.2, 0.25) is 0 Å². The Bertz CT molecular complexity index is 1010. The van der Waals surface area contributed by atoms with Gasteiger partial charge in [0.05, 0.1) is 11.6 Å². The van der Waals surface area contributed by atoms with Crippen LogP contribution in [0.15, 0.2) is 24.3 Å². The first-order chi connectivity index (χ1) is 14.1.